The molecule has 0 radical (unpaired) electrons. The van der Waals surface area contributed by atoms with E-state index in [1.54, 1.807) is 36.5 Å². The van der Waals surface area contributed by atoms with Gasteiger partial charge in [0.25, 0.3) is 0 Å². The summed E-state index contributed by atoms with van der Waals surface area (Å²) in [6.07, 6.45) is 3.56. The Bertz CT molecular complexity index is 1240. The van der Waals surface area contributed by atoms with Crippen LogP contribution in [-0.2, 0) is 0 Å². The van der Waals surface area contributed by atoms with Crippen LogP contribution in [0.3, 0.4) is 0 Å². The maximum Gasteiger partial charge on any atom is 0.174 e. The minimum absolute atomic E-state index is 0.113. The lowest BCUT2D eigenvalue weighted by Gasteiger charge is -2.29. The predicted molar refractivity (Wildman–Crippen MR) is 122 cm³/mol. The Kier molecular flexibility index (Phi) is 4.88. The van der Waals surface area contributed by atoms with E-state index in [2.05, 4.69) is 10.3 Å². The molecule has 1 saturated heterocycles. The largest absolute Gasteiger partial charge is 0.506 e. The highest BCUT2D eigenvalue weighted by molar-refractivity contribution is 7.80. The standard InChI is InChI=1S/C24H19FN4OS/c25-16-8-1-2-10-18(16)28-15-7-12-20(28)23-22(17-9-5-6-14-26-17)27-24(31)29(23)19-11-3-4-13-21(19)30/h1-15,22-23,30H,(H,27,31)/t22-,23+/m1/s1. The number of rotatable bonds is 4. The number of phenolic OH excluding ortho intramolecular Hbond substituents is 1. The van der Waals surface area contributed by atoms with Crippen LogP contribution >= 0.6 is 12.2 Å². The third kappa shape index (κ3) is 3.33. The van der Waals surface area contributed by atoms with Crippen LogP contribution in [0.15, 0.2) is 91.3 Å². The van der Waals surface area contributed by atoms with Crippen LogP contribution < -0.4 is 10.2 Å². The van der Waals surface area contributed by atoms with Crippen molar-refractivity contribution < 1.29 is 9.50 Å². The van der Waals surface area contributed by atoms with Crippen molar-refractivity contribution in [2.75, 3.05) is 4.90 Å². The molecule has 1 aliphatic rings. The summed E-state index contributed by atoms with van der Waals surface area (Å²) >= 11 is 5.69. The van der Waals surface area contributed by atoms with Gasteiger partial charge in [-0.3, -0.25) is 4.98 Å². The lowest BCUT2D eigenvalue weighted by molar-refractivity contribution is 0.471. The van der Waals surface area contributed by atoms with E-state index in [-0.39, 0.29) is 23.7 Å². The third-order valence-electron chi connectivity index (χ3n) is 5.43. The number of nitrogens with zero attached hydrogens (tertiary/aromatic N) is 3. The molecule has 0 aliphatic carbocycles. The number of anilines is 1. The average Bonchev–Trinajstić information content (AvgIpc) is 3.39. The number of pyridine rings is 1. The van der Waals surface area contributed by atoms with Crippen LogP contribution in [0.5, 0.6) is 5.75 Å². The molecule has 0 spiro atoms. The Morgan fingerprint density at radius 1 is 0.903 bits per heavy atom. The van der Waals surface area contributed by atoms with Crippen molar-refractivity contribution in [3.8, 4) is 11.4 Å². The van der Waals surface area contributed by atoms with E-state index in [0.29, 0.717) is 16.5 Å². The SMILES string of the molecule is Oc1ccccc1N1C(=S)N[C@H](c2ccccn2)[C@@H]1c1cccn1-c1ccccc1F. The van der Waals surface area contributed by atoms with Gasteiger partial charge in [-0.05, 0) is 60.7 Å². The molecule has 0 bridgehead atoms. The fraction of sp³-hybridized carbons (Fsp3) is 0.0833. The van der Waals surface area contributed by atoms with E-state index in [9.17, 15) is 9.50 Å². The monoisotopic (exact) mass is 430 g/mol. The smallest absolute Gasteiger partial charge is 0.174 e. The highest BCUT2D eigenvalue weighted by atomic mass is 32.1. The van der Waals surface area contributed by atoms with Crippen molar-refractivity contribution in [1.29, 1.82) is 0 Å². The number of nitrogens with one attached hydrogen (secondary N) is 1. The van der Waals surface area contributed by atoms with E-state index in [4.69, 9.17) is 12.2 Å². The van der Waals surface area contributed by atoms with Gasteiger partial charge in [0.1, 0.15) is 17.6 Å². The molecule has 5 nitrogen and oxygen atoms in total. The molecule has 154 valence electrons. The zero-order chi connectivity index (χ0) is 21.4. The number of hydrogen-bond acceptors (Lipinski definition) is 3. The van der Waals surface area contributed by atoms with E-state index in [1.807, 2.05) is 58.1 Å². The maximum atomic E-state index is 14.7. The Hall–Kier alpha value is -3.71. The average molecular weight is 431 g/mol. The first-order valence-electron chi connectivity index (χ1n) is 9.86. The summed E-state index contributed by atoms with van der Waals surface area (Å²) in [6.45, 7) is 0. The number of halogens is 1. The van der Waals surface area contributed by atoms with Gasteiger partial charge < -0.3 is 19.9 Å². The Morgan fingerprint density at radius 3 is 2.39 bits per heavy atom. The molecule has 2 aromatic heterocycles. The van der Waals surface area contributed by atoms with Gasteiger partial charge in [0.05, 0.1) is 23.1 Å². The maximum absolute atomic E-state index is 14.7. The van der Waals surface area contributed by atoms with Gasteiger partial charge in [-0.1, -0.05) is 30.3 Å². The summed E-state index contributed by atoms with van der Waals surface area (Å²) in [5.41, 5.74) is 2.63. The summed E-state index contributed by atoms with van der Waals surface area (Å²) in [5, 5.41) is 14.4. The van der Waals surface area contributed by atoms with Crippen LogP contribution in [-0.4, -0.2) is 19.8 Å². The zero-order valence-electron chi connectivity index (χ0n) is 16.4. The summed E-state index contributed by atoms with van der Waals surface area (Å²) < 4.78 is 16.5. The molecule has 3 heterocycles. The molecule has 2 atom stereocenters. The Morgan fingerprint density at radius 2 is 1.65 bits per heavy atom. The summed E-state index contributed by atoms with van der Waals surface area (Å²) in [6, 6.07) is 22.5. The highest BCUT2D eigenvalue weighted by Gasteiger charge is 2.43. The van der Waals surface area contributed by atoms with Crippen LogP contribution in [0, 0.1) is 5.82 Å². The highest BCUT2D eigenvalue weighted by Crippen LogP contribution is 2.44. The van der Waals surface area contributed by atoms with Crippen molar-refractivity contribution in [3.05, 3.63) is 108 Å². The van der Waals surface area contributed by atoms with Crippen molar-refractivity contribution >= 4 is 23.0 Å². The third-order valence-corrected chi connectivity index (χ3v) is 5.75. The lowest BCUT2D eigenvalue weighted by atomic mass is 10.0. The van der Waals surface area contributed by atoms with Crippen LogP contribution in [0.25, 0.3) is 5.69 Å². The van der Waals surface area contributed by atoms with Crippen molar-refractivity contribution in [2.45, 2.75) is 12.1 Å². The van der Waals surface area contributed by atoms with E-state index in [1.165, 1.54) is 6.07 Å². The molecule has 31 heavy (non-hydrogen) atoms. The zero-order valence-corrected chi connectivity index (χ0v) is 17.2. The second-order valence-corrected chi connectivity index (χ2v) is 7.63. The van der Waals surface area contributed by atoms with Gasteiger partial charge in [-0.2, -0.15) is 0 Å². The number of aromatic nitrogens is 2. The molecular formula is C24H19FN4OS. The molecule has 1 fully saturated rings. The van der Waals surface area contributed by atoms with Crippen molar-refractivity contribution in [1.82, 2.24) is 14.9 Å². The number of aromatic hydroxyl groups is 1. The molecule has 2 N–H and O–H groups in total. The van der Waals surface area contributed by atoms with Crippen LogP contribution in [0.1, 0.15) is 23.5 Å². The van der Waals surface area contributed by atoms with Gasteiger partial charge >= 0.3 is 0 Å². The quantitative estimate of drug-likeness (QED) is 0.452. The number of thiocarbonyl (C=S) groups is 1. The lowest BCUT2D eigenvalue weighted by Crippen LogP contribution is -2.30. The van der Waals surface area contributed by atoms with E-state index < -0.39 is 0 Å². The molecule has 5 rings (SSSR count). The predicted octanol–water partition coefficient (Wildman–Crippen LogP) is 4.89. The van der Waals surface area contributed by atoms with Gasteiger partial charge in [0, 0.05) is 18.1 Å². The van der Waals surface area contributed by atoms with Crippen LogP contribution in [0.2, 0.25) is 0 Å². The molecule has 1 aliphatic heterocycles. The number of para-hydroxylation sites is 3. The molecule has 7 heteroatoms. The number of benzene rings is 2. The Balaban J connectivity index is 1.71. The van der Waals surface area contributed by atoms with E-state index in [0.717, 1.165) is 11.4 Å². The molecule has 2 aromatic carbocycles. The first-order chi connectivity index (χ1) is 15.1. The summed E-state index contributed by atoms with van der Waals surface area (Å²) in [5.74, 6) is -0.209. The van der Waals surface area contributed by atoms with Crippen molar-refractivity contribution in [3.63, 3.8) is 0 Å². The summed E-state index contributed by atoms with van der Waals surface area (Å²) in [4.78, 5) is 6.40. The molecular weight excluding hydrogens is 411 g/mol. The fourth-order valence-corrected chi connectivity index (χ4v) is 4.42. The number of hydrogen-bond donors (Lipinski definition) is 2. The molecule has 0 amide bonds. The second kappa shape index (κ2) is 7.85. The van der Waals surface area contributed by atoms with Gasteiger partial charge in [0.2, 0.25) is 0 Å². The van der Waals surface area contributed by atoms with Gasteiger partial charge in [-0.25, -0.2) is 4.39 Å². The second-order valence-electron chi connectivity index (χ2n) is 7.24. The fourth-order valence-electron chi connectivity index (χ4n) is 4.08. The first kappa shape index (κ1) is 19.3. The molecule has 4 aromatic rings. The topological polar surface area (TPSA) is 53.3 Å². The number of phenols is 1. The van der Waals surface area contributed by atoms with Crippen LogP contribution in [0.4, 0.5) is 10.1 Å². The Labute approximate surface area is 184 Å². The molecule has 0 saturated carbocycles. The molecule has 0 unspecified atom stereocenters. The minimum atomic E-state index is -0.370. The van der Waals surface area contributed by atoms with Gasteiger partial charge in [0.15, 0.2) is 5.11 Å². The summed E-state index contributed by atoms with van der Waals surface area (Å²) in [7, 11) is 0. The van der Waals surface area contributed by atoms with Gasteiger partial charge in [-0.15, -0.1) is 0 Å². The first-order valence-corrected chi connectivity index (χ1v) is 10.3. The van der Waals surface area contributed by atoms with E-state index >= 15 is 0 Å². The minimum Gasteiger partial charge on any atom is -0.506 e. The van der Waals surface area contributed by atoms with Crippen molar-refractivity contribution in [2.24, 2.45) is 0 Å². The normalized spacial score (nSPS) is 18.2.